The summed E-state index contributed by atoms with van der Waals surface area (Å²) >= 11 is 0. The first kappa shape index (κ1) is 14.1. The second kappa shape index (κ2) is 5.16. The van der Waals surface area contributed by atoms with Gasteiger partial charge in [-0.25, -0.2) is 0 Å². The molecule has 0 N–H and O–H groups in total. The molecule has 0 radical (unpaired) electrons. The van der Waals surface area contributed by atoms with Crippen LogP contribution in [-0.2, 0) is 4.79 Å². The molecule has 21 heavy (non-hydrogen) atoms. The molecular formula is C15H21N3O3. The number of likely N-dealkylation sites (tertiary alicyclic amines) is 1. The zero-order valence-electron chi connectivity index (χ0n) is 12.5. The van der Waals surface area contributed by atoms with Gasteiger partial charge in [0.1, 0.15) is 0 Å². The normalized spacial score (nSPS) is 23.7. The van der Waals surface area contributed by atoms with E-state index in [1.165, 1.54) is 6.20 Å². The maximum atomic E-state index is 12.5. The Labute approximate surface area is 124 Å². The topological polar surface area (TPSA) is 66.7 Å². The van der Waals surface area contributed by atoms with Crippen LogP contribution in [0.25, 0.3) is 0 Å². The number of aromatic nitrogens is 1. The minimum absolute atomic E-state index is 0.0446. The molecule has 0 bridgehead atoms. The lowest BCUT2D eigenvalue weighted by molar-refractivity contribution is -0.135. The molecule has 1 spiro atoms. The fraction of sp³-hybridized carbons (Fsp3) is 0.667. The van der Waals surface area contributed by atoms with E-state index in [4.69, 9.17) is 4.52 Å². The van der Waals surface area contributed by atoms with E-state index in [-0.39, 0.29) is 28.9 Å². The third-order valence-corrected chi connectivity index (χ3v) is 4.92. The molecule has 0 aromatic carbocycles. The van der Waals surface area contributed by atoms with Crippen LogP contribution >= 0.6 is 0 Å². The second-order valence-corrected chi connectivity index (χ2v) is 6.42. The third-order valence-electron chi connectivity index (χ3n) is 4.92. The average molecular weight is 291 g/mol. The van der Waals surface area contributed by atoms with Crippen molar-refractivity contribution in [3.63, 3.8) is 0 Å². The van der Waals surface area contributed by atoms with Crippen molar-refractivity contribution >= 4 is 11.8 Å². The van der Waals surface area contributed by atoms with Gasteiger partial charge in [0.05, 0.1) is 12.1 Å². The average Bonchev–Trinajstić information content (AvgIpc) is 3.19. The molecule has 2 heterocycles. The lowest BCUT2D eigenvalue weighted by Gasteiger charge is -2.30. The summed E-state index contributed by atoms with van der Waals surface area (Å²) in [5.74, 6) is 0.126. The summed E-state index contributed by atoms with van der Waals surface area (Å²) in [6.45, 7) is 1.13. The molecule has 2 fully saturated rings. The minimum atomic E-state index is -0.159. The van der Waals surface area contributed by atoms with Gasteiger partial charge in [0.15, 0.2) is 0 Å². The number of hydrogen-bond acceptors (Lipinski definition) is 4. The zero-order chi connectivity index (χ0) is 15.0. The van der Waals surface area contributed by atoms with Gasteiger partial charge in [-0.3, -0.25) is 9.59 Å². The molecule has 1 saturated heterocycles. The maximum Gasteiger partial charge on any atom is 0.292 e. The van der Waals surface area contributed by atoms with Crippen molar-refractivity contribution in [1.82, 2.24) is 15.0 Å². The van der Waals surface area contributed by atoms with Crippen molar-refractivity contribution in [2.24, 2.45) is 11.3 Å². The van der Waals surface area contributed by atoms with Crippen molar-refractivity contribution in [2.75, 3.05) is 27.2 Å². The smallest absolute Gasteiger partial charge is 0.292 e. The lowest BCUT2D eigenvalue weighted by atomic mass is 9.76. The summed E-state index contributed by atoms with van der Waals surface area (Å²) in [4.78, 5) is 28.4. The summed E-state index contributed by atoms with van der Waals surface area (Å²) in [6, 6.07) is 1.57. The number of carbonyl (C=O) groups is 2. The quantitative estimate of drug-likeness (QED) is 0.826. The van der Waals surface area contributed by atoms with Crippen molar-refractivity contribution < 1.29 is 14.1 Å². The van der Waals surface area contributed by atoms with Gasteiger partial charge in [-0.1, -0.05) is 18.0 Å². The molecule has 1 saturated carbocycles. The summed E-state index contributed by atoms with van der Waals surface area (Å²) in [5, 5.41) is 3.59. The lowest BCUT2D eigenvalue weighted by Crippen LogP contribution is -2.39. The van der Waals surface area contributed by atoms with Crippen LogP contribution in [0.5, 0.6) is 0 Å². The van der Waals surface area contributed by atoms with E-state index in [9.17, 15) is 9.59 Å². The van der Waals surface area contributed by atoms with E-state index in [1.54, 1.807) is 30.0 Å². The first-order valence-corrected chi connectivity index (χ1v) is 7.45. The van der Waals surface area contributed by atoms with Crippen LogP contribution in [0.1, 0.15) is 36.2 Å². The molecule has 6 heteroatoms. The largest absolute Gasteiger partial charge is 0.351 e. The van der Waals surface area contributed by atoms with Gasteiger partial charge in [0.25, 0.3) is 5.91 Å². The van der Waals surface area contributed by atoms with E-state index in [2.05, 4.69) is 5.16 Å². The van der Waals surface area contributed by atoms with E-state index < -0.39 is 0 Å². The first-order valence-electron chi connectivity index (χ1n) is 7.45. The van der Waals surface area contributed by atoms with E-state index in [0.29, 0.717) is 13.1 Å². The van der Waals surface area contributed by atoms with Crippen LogP contribution in [0.2, 0.25) is 0 Å². The number of rotatable bonds is 2. The Morgan fingerprint density at radius 2 is 2.10 bits per heavy atom. The molecule has 2 amide bonds. The number of amides is 2. The standard InChI is InChI=1S/C15H21N3O3/c1-17(2)13(19)11-9-18(10-15(11)6-3-4-7-15)14(20)12-5-8-16-21-12/h5,8,11H,3-4,6-7,9-10H2,1-2H3. The number of hydrogen-bond donors (Lipinski definition) is 0. The van der Waals surface area contributed by atoms with Crippen molar-refractivity contribution in [1.29, 1.82) is 0 Å². The third kappa shape index (κ3) is 2.32. The molecule has 1 aromatic rings. The molecular weight excluding hydrogens is 270 g/mol. The summed E-state index contributed by atoms with van der Waals surface area (Å²) in [6.07, 6.45) is 5.80. The predicted molar refractivity (Wildman–Crippen MR) is 75.5 cm³/mol. The van der Waals surface area contributed by atoms with Gasteiger partial charge >= 0.3 is 0 Å². The fourth-order valence-electron chi connectivity index (χ4n) is 3.84. The molecule has 1 aliphatic carbocycles. The summed E-state index contributed by atoms with van der Waals surface area (Å²) in [5.41, 5.74) is -0.0446. The molecule has 1 aliphatic heterocycles. The molecule has 114 valence electrons. The highest BCUT2D eigenvalue weighted by molar-refractivity contribution is 5.92. The monoisotopic (exact) mass is 291 g/mol. The molecule has 2 aliphatic rings. The van der Waals surface area contributed by atoms with Crippen LogP contribution in [0.3, 0.4) is 0 Å². The Morgan fingerprint density at radius 3 is 2.67 bits per heavy atom. The van der Waals surface area contributed by atoms with Crippen LogP contribution < -0.4 is 0 Å². The van der Waals surface area contributed by atoms with Crippen LogP contribution in [0, 0.1) is 11.3 Å². The number of carbonyl (C=O) groups excluding carboxylic acids is 2. The van der Waals surface area contributed by atoms with Crippen molar-refractivity contribution in [3.05, 3.63) is 18.0 Å². The minimum Gasteiger partial charge on any atom is -0.351 e. The Bertz CT molecular complexity index is 532. The Kier molecular flexibility index (Phi) is 3.47. The maximum absolute atomic E-state index is 12.5. The van der Waals surface area contributed by atoms with Crippen LogP contribution in [0.15, 0.2) is 16.8 Å². The molecule has 6 nitrogen and oxygen atoms in total. The molecule has 3 rings (SSSR count). The first-order chi connectivity index (χ1) is 10.0. The Morgan fingerprint density at radius 1 is 1.38 bits per heavy atom. The Balaban J connectivity index is 1.84. The summed E-state index contributed by atoms with van der Waals surface area (Å²) in [7, 11) is 3.57. The van der Waals surface area contributed by atoms with Gasteiger partial charge in [-0.05, 0) is 12.8 Å². The van der Waals surface area contributed by atoms with Crippen molar-refractivity contribution in [2.45, 2.75) is 25.7 Å². The zero-order valence-corrected chi connectivity index (χ0v) is 12.5. The highest BCUT2D eigenvalue weighted by Gasteiger charge is 2.53. The highest BCUT2D eigenvalue weighted by Crippen LogP contribution is 2.49. The van der Waals surface area contributed by atoms with Crippen LogP contribution in [0.4, 0.5) is 0 Å². The van der Waals surface area contributed by atoms with Gasteiger partial charge in [0.2, 0.25) is 11.7 Å². The predicted octanol–water partition coefficient (Wildman–Crippen LogP) is 1.40. The van der Waals surface area contributed by atoms with Gasteiger partial charge in [0, 0.05) is 38.7 Å². The molecule has 1 unspecified atom stereocenters. The second-order valence-electron chi connectivity index (χ2n) is 6.42. The van der Waals surface area contributed by atoms with E-state index in [0.717, 1.165) is 25.7 Å². The van der Waals surface area contributed by atoms with E-state index in [1.807, 2.05) is 0 Å². The SMILES string of the molecule is CN(C)C(=O)C1CN(C(=O)c2ccno2)CC12CCCC2. The highest BCUT2D eigenvalue weighted by atomic mass is 16.5. The van der Waals surface area contributed by atoms with Gasteiger partial charge in [-0.2, -0.15) is 0 Å². The fourth-order valence-corrected chi connectivity index (χ4v) is 3.84. The van der Waals surface area contributed by atoms with Crippen LogP contribution in [-0.4, -0.2) is 54.0 Å². The van der Waals surface area contributed by atoms with Crippen molar-refractivity contribution in [3.8, 4) is 0 Å². The van der Waals surface area contributed by atoms with Gasteiger partial charge < -0.3 is 14.3 Å². The van der Waals surface area contributed by atoms with E-state index >= 15 is 0 Å². The van der Waals surface area contributed by atoms with Gasteiger partial charge in [-0.15, -0.1) is 0 Å². The molecule has 1 aromatic heterocycles. The Hall–Kier alpha value is -1.85. The molecule has 1 atom stereocenters. The summed E-state index contributed by atoms with van der Waals surface area (Å²) < 4.78 is 4.97. The number of nitrogens with zero attached hydrogens (tertiary/aromatic N) is 3.